The third-order valence-electron chi connectivity index (χ3n) is 2.41. The number of benzene rings is 1. The Morgan fingerprint density at radius 1 is 1.32 bits per heavy atom. The zero-order chi connectivity index (χ0) is 14.0. The molecule has 0 bridgehead atoms. The highest BCUT2D eigenvalue weighted by molar-refractivity contribution is 7.89. The minimum absolute atomic E-state index is 0.0186. The highest BCUT2D eigenvalue weighted by Gasteiger charge is 2.18. The molecule has 2 rings (SSSR count). The molecule has 0 aliphatic heterocycles. The maximum absolute atomic E-state index is 12.9. The highest BCUT2D eigenvalue weighted by atomic mass is 32.2. The fourth-order valence-corrected chi connectivity index (χ4v) is 2.76. The van der Waals surface area contributed by atoms with Gasteiger partial charge in [0.2, 0.25) is 21.8 Å². The third kappa shape index (κ3) is 3.15. The molecule has 0 spiro atoms. The van der Waals surface area contributed by atoms with Gasteiger partial charge in [-0.15, -0.1) is 10.2 Å². The Morgan fingerprint density at radius 2 is 2.05 bits per heavy atom. The van der Waals surface area contributed by atoms with Crippen LogP contribution in [0.3, 0.4) is 0 Å². The molecule has 0 unspecified atom stereocenters. The third-order valence-corrected chi connectivity index (χ3v) is 3.97. The first-order valence-corrected chi connectivity index (χ1v) is 6.91. The van der Waals surface area contributed by atoms with E-state index in [1.165, 1.54) is 13.0 Å². The van der Waals surface area contributed by atoms with Crippen molar-refractivity contribution in [2.24, 2.45) is 0 Å². The molecule has 2 aromatic rings. The van der Waals surface area contributed by atoms with Gasteiger partial charge in [0.15, 0.2) is 0 Å². The van der Waals surface area contributed by atoms with Crippen molar-refractivity contribution in [3.8, 4) is 0 Å². The van der Waals surface area contributed by atoms with E-state index >= 15 is 0 Å². The van der Waals surface area contributed by atoms with Gasteiger partial charge in [-0.3, -0.25) is 0 Å². The average molecular weight is 285 g/mol. The average Bonchev–Trinajstić information content (AvgIpc) is 2.72. The van der Waals surface area contributed by atoms with Crippen LogP contribution < -0.4 is 4.72 Å². The molecule has 0 fully saturated rings. The van der Waals surface area contributed by atoms with Gasteiger partial charge in [-0.25, -0.2) is 17.5 Å². The molecule has 0 aliphatic carbocycles. The molecule has 0 radical (unpaired) electrons. The van der Waals surface area contributed by atoms with Crippen molar-refractivity contribution in [1.82, 2.24) is 14.9 Å². The summed E-state index contributed by atoms with van der Waals surface area (Å²) in [5, 5.41) is 7.26. The van der Waals surface area contributed by atoms with Crippen LogP contribution in [-0.2, 0) is 16.6 Å². The zero-order valence-electron chi connectivity index (χ0n) is 10.3. The van der Waals surface area contributed by atoms with E-state index in [1.807, 2.05) is 0 Å². The Balaban J connectivity index is 2.18. The van der Waals surface area contributed by atoms with Crippen LogP contribution in [0.2, 0.25) is 0 Å². The summed E-state index contributed by atoms with van der Waals surface area (Å²) >= 11 is 0. The first-order chi connectivity index (χ1) is 8.88. The number of rotatable bonds is 4. The molecule has 1 aromatic carbocycles. The smallest absolute Gasteiger partial charge is 0.241 e. The SMILES string of the molecule is Cc1nnc(CNS(=O)(=O)c2ccc(F)cc2C)o1. The number of halogens is 1. The normalized spacial score (nSPS) is 11.7. The summed E-state index contributed by atoms with van der Waals surface area (Å²) in [5.41, 5.74) is 0.328. The molecule has 0 saturated carbocycles. The standard InChI is InChI=1S/C11H12FN3O3S/c1-7-5-9(12)3-4-10(7)19(16,17)13-6-11-15-14-8(2)18-11/h3-5,13H,6H2,1-2H3. The monoisotopic (exact) mass is 285 g/mol. The maximum Gasteiger partial charge on any atom is 0.241 e. The summed E-state index contributed by atoms with van der Waals surface area (Å²) in [4.78, 5) is 0.0186. The van der Waals surface area contributed by atoms with Gasteiger partial charge in [-0.05, 0) is 30.7 Å². The minimum atomic E-state index is -3.74. The molecule has 19 heavy (non-hydrogen) atoms. The lowest BCUT2D eigenvalue weighted by Gasteiger charge is -2.07. The van der Waals surface area contributed by atoms with Crippen LogP contribution in [0.5, 0.6) is 0 Å². The van der Waals surface area contributed by atoms with Crippen molar-refractivity contribution < 1.29 is 17.2 Å². The quantitative estimate of drug-likeness (QED) is 0.915. The van der Waals surface area contributed by atoms with Gasteiger partial charge >= 0.3 is 0 Å². The number of sulfonamides is 1. The fraction of sp³-hybridized carbons (Fsp3) is 0.273. The Kier molecular flexibility index (Phi) is 3.63. The number of aryl methyl sites for hydroxylation is 2. The van der Waals surface area contributed by atoms with E-state index in [1.54, 1.807) is 6.92 Å². The number of hydrogen-bond acceptors (Lipinski definition) is 5. The molecular formula is C11H12FN3O3S. The van der Waals surface area contributed by atoms with E-state index in [-0.39, 0.29) is 17.3 Å². The topological polar surface area (TPSA) is 85.1 Å². The van der Waals surface area contributed by atoms with Crippen molar-refractivity contribution in [1.29, 1.82) is 0 Å². The van der Waals surface area contributed by atoms with Crippen molar-refractivity contribution in [3.63, 3.8) is 0 Å². The van der Waals surface area contributed by atoms with E-state index in [4.69, 9.17) is 4.42 Å². The summed E-state index contributed by atoms with van der Waals surface area (Å²) in [5.74, 6) is 0.0389. The second-order valence-corrected chi connectivity index (χ2v) is 5.68. The Bertz CT molecular complexity index is 697. The number of aromatic nitrogens is 2. The van der Waals surface area contributed by atoms with Crippen LogP contribution >= 0.6 is 0 Å². The molecular weight excluding hydrogens is 273 g/mol. The van der Waals surface area contributed by atoms with E-state index < -0.39 is 15.8 Å². The Labute approximate surface area is 109 Å². The van der Waals surface area contributed by atoms with Gasteiger partial charge in [-0.2, -0.15) is 0 Å². The van der Waals surface area contributed by atoms with Gasteiger partial charge in [0.05, 0.1) is 11.4 Å². The first-order valence-electron chi connectivity index (χ1n) is 5.43. The maximum atomic E-state index is 12.9. The molecule has 8 heteroatoms. The lowest BCUT2D eigenvalue weighted by atomic mass is 10.2. The van der Waals surface area contributed by atoms with Crippen molar-refractivity contribution in [2.75, 3.05) is 0 Å². The lowest BCUT2D eigenvalue weighted by Crippen LogP contribution is -2.24. The summed E-state index contributed by atoms with van der Waals surface area (Å²) in [7, 11) is -3.74. The van der Waals surface area contributed by atoms with E-state index in [0.29, 0.717) is 11.5 Å². The molecule has 0 atom stereocenters. The Hall–Kier alpha value is -1.80. The molecule has 0 saturated heterocycles. The van der Waals surface area contributed by atoms with Gasteiger partial charge in [0, 0.05) is 6.92 Å². The summed E-state index contributed by atoms with van der Waals surface area (Å²) in [6.07, 6.45) is 0. The Morgan fingerprint density at radius 3 is 2.63 bits per heavy atom. The van der Waals surface area contributed by atoms with Crippen LogP contribution in [-0.4, -0.2) is 18.6 Å². The molecule has 6 nitrogen and oxygen atoms in total. The van der Waals surface area contributed by atoms with E-state index in [2.05, 4.69) is 14.9 Å². The molecule has 1 N–H and O–H groups in total. The summed E-state index contributed by atoms with van der Waals surface area (Å²) in [6, 6.07) is 3.47. The molecule has 0 aliphatic rings. The lowest BCUT2D eigenvalue weighted by molar-refractivity contribution is 0.460. The predicted octanol–water partition coefficient (Wildman–Crippen LogP) is 1.30. The predicted molar refractivity (Wildman–Crippen MR) is 64.2 cm³/mol. The second-order valence-electron chi connectivity index (χ2n) is 3.95. The van der Waals surface area contributed by atoms with Crippen LogP contribution in [0, 0.1) is 19.7 Å². The van der Waals surface area contributed by atoms with Crippen LogP contribution in [0.15, 0.2) is 27.5 Å². The zero-order valence-corrected chi connectivity index (χ0v) is 11.2. The van der Waals surface area contributed by atoms with Crippen LogP contribution in [0.25, 0.3) is 0 Å². The van der Waals surface area contributed by atoms with Gasteiger partial charge in [0.25, 0.3) is 0 Å². The van der Waals surface area contributed by atoms with Gasteiger partial charge < -0.3 is 4.42 Å². The van der Waals surface area contributed by atoms with Crippen LogP contribution in [0.1, 0.15) is 17.3 Å². The van der Waals surface area contributed by atoms with Crippen molar-refractivity contribution in [2.45, 2.75) is 25.3 Å². The summed E-state index contributed by atoms with van der Waals surface area (Å²) in [6.45, 7) is 3.02. The molecule has 1 heterocycles. The van der Waals surface area contributed by atoms with Crippen LogP contribution in [0.4, 0.5) is 4.39 Å². The van der Waals surface area contributed by atoms with Crippen molar-refractivity contribution >= 4 is 10.0 Å². The van der Waals surface area contributed by atoms with Crippen molar-refractivity contribution in [3.05, 3.63) is 41.4 Å². The summed E-state index contributed by atoms with van der Waals surface area (Å²) < 4.78 is 44.4. The molecule has 1 aromatic heterocycles. The minimum Gasteiger partial charge on any atom is -0.424 e. The van der Waals surface area contributed by atoms with E-state index in [0.717, 1.165) is 12.1 Å². The number of hydrogen-bond donors (Lipinski definition) is 1. The fourth-order valence-electron chi connectivity index (χ4n) is 1.56. The largest absolute Gasteiger partial charge is 0.424 e. The van der Waals surface area contributed by atoms with Gasteiger partial charge in [-0.1, -0.05) is 0 Å². The van der Waals surface area contributed by atoms with Gasteiger partial charge in [0.1, 0.15) is 5.82 Å². The number of nitrogens with one attached hydrogen (secondary N) is 1. The van der Waals surface area contributed by atoms with E-state index in [9.17, 15) is 12.8 Å². The molecule has 102 valence electrons. The number of nitrogens with zero attached hydrogens (tertiary/aromatic N) is 2. The molecule has 0 amide bonds. The highest BCUT2D eigenvalue weighted by Crippen LogP contribution is 2.16. The second kappa shape index (κ2) is 5.06. The first kappa shape index (κ1) is 13.6.